The van der Waals surface area contributed by atoms with Gasteiger partial charge in [-0.1, -0.05) is 12.8 Å². The van der Waals surface area contributed by atoms with Crippen molar-refractivity contribution in [3.8, 4) is 0 Å². The van der Waals surface area contributed by atoms with Gasteiger partial charge in [-0.05, 0) is 31.6 Å². The first-order valence-corrected chi connectivity index (χ1v) is 7.35. The SMILES string of the molecule is O=S(=O)(CC1CC1)C1CCN(S)CC1. The van der Waals surface area contributed by atoms with Gasteiger partial charge in [0, 0.05) is 13.1 Å². The second-order valence-electron chi connectivity index (χ2n) is 4.43. The Morgan fingerprint density at radius 1 is 1.14 bits per heavy atom. The van der Waals surface area contributed by atoms with Crippen LogP contribution in [0.1, 0.15) is 25.7 Å². The summed E-state index contributed by atoms with van der Waals surface area (Å²) in [6.07, 6.45) is 3.76. The highest BCUT2D eigenvalue weighted by Crippen LogP contribution is 2.32. The highest BCUT2D eigenvalue weighted by molar-refractivity contribution is 7.92. The minimum Gasteiger partial charge on any atom is -0.253 e. The Morgan fingerprint density at radius 3 is 2.21 bits per heavy atom. The van der Waals surface area contributed by atoms with E-state index in [2.05, 4.69) is 12.8 Å². The number of hydrogen-bond acceptors (Lipinski definition) is 4. The van der Waals surface area contributed by atoms with E-state index in [-0.39, 0.29) is 5.25 Å². The highest BCUT2D eigenvalue weighted by Gasteiger charge is 2.34. The van der Waals surface area contributed by atoms with Crippen molar-refractivity contribution in [3.63, 3.8) is 0 Å². The molecule has 2 aliphatic rings. The van der Waals surface area contributed by atoms with Gasteiger partial charge in [-0.25, -0.2) is 8.42 Å². The summed E-state index contributed by atoms with van der Waals surface area (Å²) in [7, 11) is -2.80. The van der Waals surface area contributed by atoms with E-state index in [1.165, 1.54) is 0 Å². The Morgan fingerprint density at radius 2 is 1.71 bits per heavy atom. The molecular formula is C9H17NO2S2. The molecule has 0 unspecified atom stereocenters. The van der Waals surface area contributed by atoms with Gasteiger partial charge in [-0.3, -0.25) is 4.31 Å². The molecule has 82 valence electrons. The van der Waals surface area contributed by atoms with Crippen LogP contribution in [0.15, 0.2) is 0 Å². The molecule has 0 atom stereocenters. The molecule has 0 radical (unpaired) electrons. The molecule has 5 heteroatoms. The van der Waals surface area contributed by atoms with Crippen LogP contribution in [0.25, 0.3) is 0 Å². The molecule has 3 nitrogen and oxygen atoms in total. The molecule has 14 heavy (non-hydrogen) atoms. The first-order valence-electron chi connectivity index (χ1n) is 5.23. The predicted octanol–water partition coefficient (Wildman–Crippen LogP) is 1.12. The smallest absolute Gasteiger partial charge is 0.153 e. The van der Waals surface area contributed by atoms with E-state index in [9.17, 15) is 8.42 Å². The highest BCUT2D eigenvalue weighted by atomic mass is 32.2. The van der Waals surface area contributed by atoms with Gasteiger partial charge in [0.1, 0.15) is 0 Å². The number of piperidine rings is 1. The molecule has 1 aliphatic carbocycles. The maximum Gasteiger partial charge on any atom is 0.153 e. The van der Waals surface area contributed by atoms with Crippen LogP contribution in [0.4, 0.5) is 0 Å². The summed E-state index contributed by atoms with van der Waals surface area (Å²) in [5.41, 5.74) is 0. The number of thiol groups is 1. The molecule has 1 heterocycles. The average Bonchev–Trinajstić information content (AvgIpc) is 2.88. The molecule has 0 aromatic carbocycles. The maximum atomic E-state index is 11.9. The summed E-state index contributed by atoms with van der Waals surface area (Å²) in [6, 6.07) is 0. The van der Waals surface area contributed by atoms with Crippen LogP contribution < -0.4 is 0 Å². The quantitative estimate of drug-likeness (QED) is 0.745. The summed E-state index contributed by atoms with van der Waals surface area (Å²) >= 11 is 4.22. The molecule has 0 amide bonds. The van der Waals surface area contributed by atoms with E-state index in [1.807, 2.05) is 4.31 Å². The first kappa shape index (κ1) is 10.8. The zero-order chi connectivity index (χ0) is 10.2. The molecule has 1 saturated heterocycles. The summed E-state index contributed by atoms with van der Waals surface area (Å²) in [6.45, 7) is 1.61. The summed E-state index contributed by atoms with van der Waals surface area (Å²) in [5, 5.41) is -0.0912. The van der Waals surface area contributed by atoms with E-state index in [0.29, 0.717) is 11.7 Å². The fourth-order valence-electron chi connectivity index (χ4n) is 1.95. The van der Waals surface area contributed by atoms with Gasteiger partial charge in [-0.2, -0.15) is 0 Å². The molecular weight excluding hydrogens is 218 g/mol. The second kappa shape index (κ2) is 4.02. The Balaban J connectivity index is 1.92. The lowest BCUT2D eigenvalue weighted by Crippen LogP contribution is -2.36. The molecule has 0 aromatic heterocycles. The molecule has 0 spiro atoms. The van der Waals surface area contributed by atoms with Crippen LogP contribution in [-0.2, 0) is 9.84 Å². The largest absolute Gasteiger partial charge is 0.253 e. The number of nitrogens with zero attached hydrogens (tertiary/aromatic N) is 1. The number of sulfone groups is 1. The monoisotopic (exact) mass is 235 g/mol. The average molecular weight is 235 g/mol. The molecule has 0 N–H and O–H groups in total. The summed E-state index contributed by atoms with van der Waals surface area (Å²) < 4.78 is 25.7. The van der Waals surface area contributed by atoms with E-state index in [1.54, 1.807) is 0 Å². The molecule has 1 aliphatic heterocycles. The Hall–Kier alpha value is 0.260. The van der Waals surface area contributed by atoms with Gasteiger partial charge in [0.25, 0.3) is 0 Å². The minimum absolute atomic E-state index is 0.0912. The molecule has 1 saturated carbocycles. The maximum absolute atomic E-state index is 11.9. The summed E-state index contributed by atoms with van der Waals surface area (Å²) in [5.74, 6) is 0.915. The third kappa shape index (κ3) is 2.64. The zero-order valence-electron chi connectivity index (χ0n) is 8.22. The van der Waals surface area contributed by atoms with Crippen molar-refractivity contribution in [1.29, 1.82) is 0 Å². The van der Waals surface area contributed by atoms with E-state index in [4.69, 9.17) is 0 Å². The van der Waals surface area contributed by atoms with Crippen molar-refractivity contribution in [2.45, 2.75) is 30.9 Å². The van der Waals surface area contributed by atoms with Crippen LogP contribution in [0.2, 0.25) is 0 Å². The Labute approximate surface area is 91.3 Å². The number of rotatable bonds is 3. The lowest BCUT2D eigenvalue weighted by atomic mass is 10.2. The topological polar surface area (TPSA) is 37.4 Å². The lowest BCUT2D eigenvalue weighted by Gasteiger charge is -2.27. The fourth-order valence-corrected chi connectivity index (χ4v) is 4.37. The van der Waals surface area contributed by atoms with Crippen LogP contribution in [0.3, 0.4) is 0 Å². The van der Waals surface area contributed by atoms with Crippen molar-refractivity contribution in [2.75, 3.05) is 18.8 Å². The van der Waals surface area contributed by atoms with Crippen molar-refractivity contribution >= 4 is 22.7 Å². The van der Waals surface area contributed by atoms with Gasteiger partial charge >= 0.3 is 0 Å². The third-order valence-electron chi connectivity index (χ3n) is 3.09. The van der Waals surface area contributed by atoms with Crippen molar-refractivity contribution in [2.24, 2.45) is 5.92 Å². The van der Waals surface area contributed by atoms with Crippen LogP contribution in [-0.4, -0.2) is 36.8 Å². The van der Waals surface area contributed by atoms with Gasteiger partial charge in [0.05, 0.1) is 11.0 Å². The lowest BCUT2D eigenvalue weighted by molar-refractivity contribution is 0.381. The fraction of sp³-hybridized carbons (Fsp3) is 1.00. The predicted molar refractivity (Wildman–Crippen MR) is 60.1 cm³/mol. The first-order chi connectivity index (χ1) is 6.58. The van der Waals surface area contributed by atoms with E-state index >= 15 is 0 Å². The molecule has 2 fully saturated rings. The van der Waals surface area contributed by atoms with Gasteiger partial charge < -0.3 is 0 Å². The zero-order valence-corrected chi connectivity index (χ0v) is 9.93. The van der Waals surface area contributed by atoms with Gasteiger partial charge in [0.15, 0.2) is 9.84 Å². The third-order valence-corrected chi connectivity index (χ3v) is 5.91. The second-order valence-corrected chi connectivity index (χ2v) is 7.32. The molecule has 0 bridgehead atoms. The number of hydrogen-bond donors (Lipinski definition) is 1. The molecule has 0 aromatic rings. The van der Waals surface area contributed by atoms with E-state index < -0.39 is 9.84 Å². The van der Waals surface area contributed by atoms with Gasteiger partial charge in [-0.15, -0.1) is 0 Å². The Kier molecular flexibility index (Phi) is 3.09. The normalized spacial score (nSPS) is 26.6. The van der Waals surface area contributed by atoms with Crippen molar-refractivity contribution in [1.82, 2.24) is 4.31 Å². The Bertz CT molecular complexity index is 290. The summed E-state index contributed by atoms with van der Waals surface area (Å²) in [4.78, 5) is 0. The van der Waals surface area contributed by atoms with Crippen molar-refractivity contribution < 1.29 is 8.42 Å². The van der Waals surface area contributed by atoms with Crippen LogP contribution in [0.5, 0.6) is 0 Å². The van der Waals surface area contributed by atoms with Crippen molar-refractivity contribution in [3.05, 3.63) is 0 Å². The van der Waals surface area contributed by atoms with Crippen LogP contribution >= 0.6 is 12.8 Å². The van der Waals surface area contributed by atoms with E-state index in [0.717, 1.165) is 38.8 Å². The minimum atomic E-state index is -2.80. The van der Waals surface area contributed by atoms with Crippen LogP contribution in [0, 0.1) is 5.92 Å². The molecule has 2 rings (SSSR count). The standard InChI is InChI=1S/C9H17NO2S2/c11-14(12,7-8-1-2-8)9-3-5-10(13)6-4-9/h8-9,13H,1-7H2. The van der Waals surface area contributed by atoms with Gasteiger partial charge in [0.2, 0.25) is 0 Å².